The van der Waals surface area contributed by atoms with Crippen LogP contribution in [-0.4, -0.2) is 24.6 Å². The largest absolute Gasteiger partial charge is 0.387 e. The van der Waals surface area contributed by atoms with E-state index >= 15 is 0 Å². The highest BCUT2D eigenvalue weighted by atomic mass is 16.6. The number of hydrogen-bond donors (Lipinski definition) is 0. The fourth-order valence-corrected chi connectivity index (χ4v) is 0.399. The molecule has 1 unspecified atom stereocenters. The van der Waals surface area contributed by atoms with Crippen LogP contribution in [0.4, 0.5) is 0 Å². The van der Waals surface area contributed by atoms with Crippen LogP contribution in [0.15, 0.2) is 12.2 Å². The van der Waals surface area contributed by atoms with Crippen LogP contribution < -0.4 is 0 Å². The summed E-state index contributed by atoms with van der Waals surface area (Å²) in [5.74, 6) is -1.16. The number of carbonyl (C=O) groups excluding carboxylic acids is 2. The maximum Gasteiger partial charge on any atom is 0.338 e. The molecule has 4 heteroatoms. The van der Waals surface area contributed by atoms with Crippen LogP contribution >= 0.6 is 0 Å². The molecule has 0 spiro atoms. The number of esters is 2. The van der Waals surface area contributed by atoms with Gasteiger partial charge in [0.15, 0.2) is 0 Å². The third kappa shape index (κ3) is 3.52. The zero-order valence-electron chi connectivity index (χ0n) is 6.07. The van der Waals surface area contributed by atoms with Gasteiger partial charge in [0.25, 0.3) is 0 Å². The Labute approximate surface area is 63.8 Å². The molecule has 0 aromatic carbocycles. The maximum absolute atomic E-state index is 9.92. The number of cyclic esters (lactones) is 2. The van der Waals surface area contributed by atoms with Crippen LogP contribution in [0.2, 0.25) is 0 Å². The molecule has 0 aromatic heterocycles. The van der Waals surface area contributed by atoms with E-state index in [1.54, 1.807) is 0 Å². The molecule has 0 aromatic rings. The standard InChI is InChI=1S/C4H2O3.C3H6O/c5-3-1-2-4(6)7-3;1-3-2-4-3/h1-2H;3H,2H2,1H3. The van der Waals surface area contributed by atoms with Gasteiger partial charge in [0.2, 0.25) is 0 Å². The number of ether oxygens (including phenoxy) is 2. The molecule has 11 heavy (non-hydrogen) atoms. The highest BCUT2D eigenvalue weighted by Crippen LogP contribution is 2.04. The summed E-state index contributed by atoms with van der Waals surface area (Å²) in [5, 5.41) is 0. The zero-order chi connectivity index (χ0) is 8.27. The predicted octanol–water partition coefficient (Wildman–Crippen LogP) is 0.0311. The lowest BCUT2D eigenvalue weighted by atomic mass is 10.6. The molecule has 0 N–H and O–H groups in total. The van der Waals surface area contributed by atoms with Crippen molar-refractivity contribution >= 4 is 11.9 Å². The molecule has 2 aliphatic rings. The van der Waals surface area contributed by atoms with Crippen molar-refractivity contribution in [2.45, 2.75) is 13.0 Å². The maximum atomic E-state index is 9.92. The van der Waals surface area contributed by atoms with Crippen molar-refractivity contribution in [1.29, 1.82) is 0 Å². The molecule has 2 heterocycles. The smallest absolute Gasteiger partial charge is 0.338 e. The molecule has 0 saturated carbocycles. The van der Waals surface area contributed by atoms with E-state index in [1.807, 2.05) is 0 Å². The zero-order valence-corrected chi connectivity index (χ0v) is 6.07. The molecule has 0 amide bonds. The second-order valence-corrected chi connectivity index (χ2v) is 2.22. The van der Waals surface area contributed by atoms with Crippen molar-refractivity contribution in [3.63, 3.8) is 0 Å². The van der Waals surface area contributed by atoms with Gasteiger partial charge in [-0.2, -0.15) is 0 Å². The van der Waals surface area contributed by atoms with Crippen LogP contribution in [0.5, 0.6) is 0 Å². The number of epoxide rings is 1. The summed E-state index contributed by atoms with van der Waals surface area (Å²) >= 11 is 0. The van der Waals surface area contributed by atoms with Crippen LogP contribution in [0.3, 0.4) is 0 Å². The summed E-state index contributed by atoms with van der Waals surface area (Å²) in [6.07, 6.45) is 2.75. The van der Waals surface area contributed by atoms with Gasteiger partial charge >= 0.3 is 11.9 Å². The first kappa shape index (κ1) is 7.94. The molecule has 1 atom stereocenters. The van der Waals surface area contributed by atoms with Gasteiger partial charge in [0.1, 0.15) is 0 Å². The molecule has 0 aliphatic carbocycles. The molecule has 0 bridgehead atoms. The molecule has 60 valence electrons. The average Bonchev–Trinajstić information content (AvgIpc) is 2.61. The van der Waals surface area contributed by atoms with Crippen LogP contribution in [-0.2, 0) is 19.1 Å². The Bertz CT molecular complexity index is 186. The summed E-state index contributed by atoms with van der Waals surface area (Å²) in [6, 6.07) is 0. The minimum Gasteiger partial charge on any atom is -0.387 e. The minimum atomic E-state index is -0.579. The summed E-state index contributed by atoms with van der Waals surface area (Å²) in [5.41, 5.74) is 0. The highest BCUT2D eigenvalue weighted by molar-refractivity contribution is 6.04. The molecule has 1 fully saturated rings. The Hall–Kier alpha value is -1.16. The fraction of sp³-hybridized carbons (Fsp3) is 0.429. The van der Waals surface area contributed by atoms with Gasteiger partial charge < -0.3 is 9.47 Å². The average molecular weight is 156 g/mol. The SMILES string of the molecule is CC1CO1.O=C1C=CC(=O)O1. The normalized spacial score (nSPS) is 25.7. The second kappa shape index (κ2) is 3.30. The van der Waals surface area contributed by atoms with Crippen molar-refractivity contribution in [2.75, 3.05) is 6.61 Å². The summed E-state index contributed by atoms with van der Waals surface area (Å²) < 4.78 is 8.68. The van der Waals surface area contributed by atoms with Crippen molar-refractivity contribution in [2.24, 2.45) is 0 Å². The predicted molar refractivity (Wildman–Crippen MR) is 35.7 cm³/mol. The monoisotopic (exact) mass is 156 g/mol. The highest BCUT2D eigenvalue weighted by Gasteiger charge is 2.13. The van der Waals surface area contributed by atoms with E-state index in [0.29, 0.717) is 6.10 Å². The van der Waals surface area contributed by atoms with E-state index in [-0.39, 0.29) is 0 Å². The molecular formula is C7H8O4. The first-order valence-corrected chi connectivity index (χ1v) is 3.24. The van der Waals surface area contributed by atoms with Gasteiger partial charge in [0.05, 0.1) is 12.7 Å². The van der Waals surface area contributed by atoms with Gasteiger partial charge in [-0.15, -0.1) is 0 Å². The third-order valence-corrected chi connectivity index (χ3v) is 1.06. The summed E-state index contributed by atoms with van der Waals surface area (Å²) in [7, 11) is 0. The van der Waals surface area contributed by atoms with E-state index in [1.165, 1.54) is 0 Å². The van der Waals surface area contributed by atoms with Crippen molar-refractivity contribution < 1.29 is 19.1 Å². The summed E-state index contributed by atoms with van der Waals surface area (Å²) in [4.78, 5) is 19.8. The molecule has 2 aliphatic heterocycles. The van der Waals surface area contributed by atoms with E-state index in [0.717, 1.165) is 18.8 Å². The molecule has 1 saturated heterocycles. The van der Waals surface area contributed by atoms with E-state index < -0.39 is 11.9 Å². The van der Waals surface area contributed by atoms with Gasteiger partial charge in [0, 0.05) is 12.2 Å². The number of carbonyl (C=O) groups is 2. The Morgan fingerprint density at radius 2 is 1.73 bits per heavy atom. The van der Waals surface area contributed by atoms with Crippen molar-refractivity contribution in [3.8, 4) is 0 Å². The van der Waals surface area contributed by atoms with Gasteiger partial charge in [-0.3, -0.25) is 0 Å². The first-order chi connectivity index (χ1) is 5.18. The van der Waals surface area contributed by atoms with Crippen LogP contribution in [0, 0.1) is 0 Å². The van der Waals surface area contributed by atoms with Gasteiger partial charge in [-0.05, 0) is 6.92 Å². The fourth-order valence-electron chi connectivity index (χ4n) is 0.399. The lowest BCUT2D eigenvalue weighted by Gasteiger charge is -1.80. The minimum absolute atomic E-state index is 0.579. The number of rotatable bonds is 0. The van der Waals surface area contributed by atoms with E-state index in [9.17, 15) is 9.59 Å². The molecule has 4 nitrogen and oxygen atoms in total. The first-order valence-electron chi connectivity index (χ1n) is 3.24. The Kier molecular flexibility index (Phi) is 2.38. The van der Waals surface area contributed by atoms with Crippen LogP contribution in [0.1, 0.15) is 6.92 Å². The van der Waals surface area contributed by atoms with E-state index in [2.05, 4.69) is 11.7 Å². The summed E-state index contributed by atoms with van der Waals surface area (Å²) in [6.45, 7) is 3.04. The number of hydrogen-bond acceptors (Lipinski definition) is 4. The van der Waals surface area contributed by atoms with Crippen molar-refractivity contribution in [3.05, 3.63) is 12.2 Å². The molecule has 0 radical (unpaired) electrons. The Morgan fingerprint density at radius 1 is 1.36 bits per heavy atom. The van der Waals surface area contributed by atoms with Gasteiger partial charge in [-0.1, -0.05) is 0 Å². The lowest BCUT2D eigenvalue weighted by Crippen LogP contribution is -1.96. The third-order valence-electron chi connectivity index (χ3n) is 1.06. The topological polar surface area (TPSA) is 55.9 Å². The molecule has 2 rings (SSSR count). The second-order valence-electron chi connectivity index (χ2n) is 2.22. The van der Waals surface area contributed by atoms with Crippen molar-refractivity contribution in [1.82, 2.24) is 0 Å². The lowest BCUT2D eigenvalue weighted by molar-refractivity contribution is -0.150. The Morgan fingerprint density at radius 3 is 1.82 bits per heavy atom. The van der Waals surface area contributed by atoms with E-state index in [4.69, 9.17) is 4.74 Å². The molecular weight excluding hydrogens is 148 g/mol. The van der Waals surface area contributed by atoms with Gasteiger partial charge in [-0.25, -0.2) is 9.59 Å². The van der Waals surface area contributed by atoms with Crippen LogP contribution in [0.25, 0.3) is 0 Å². The quantitative estimate of drug-likeness (QED) is 0.282. The Balaban J connectivity index is 0.000000128.